The molecule has 0 saturated heterocycles. The van der Waals surface area contributed by atoms with Crippen molar-refractivity contribution < 1.29 is 14.7 Å². The van der Waals surface area contributed by atoms with Crippen molar-refractivity contribution in [1.29, 1.82) is 0 Å². The maximum atomic E-state index is 12.1. The molecule has 6 nitrogen and oxygen atoms in total. The van der Waals surface area contributed by atoms with Gasteiger partial charge in [-0.2, -0.15) is 5.10 Å². The van der Waals surface area contributed by atoms with E-state index < -0.39 is 17.9 Å². The van der Waals surface area contributed by atoms with Gasteiger partial charge in [-0.15, -0.1) is 0 Å². The number of carboxylic acid groups (broad SMARTS) is 1. The summed E-state index contributed by atoms with van der Waals surface area (Å²) in [6, 6.07) is 7.49. The van der Waals surface area contributed by atoms with Gasteiger partial charge in [-0.1, -0.05) is 30.3 Å². The van der Waals surface area contributed by atoms with Gasteiger partial charge in [-0.05, 0) is 12.5 Å². The number of nitrogens with one attached hydrogen (secondary N) is 1. The largest absolute Gasteiger partial charge is 0.479 e. The molecule has 6 heteroatoms. The summed E-state index contributed by atoms with van der Waals surface area (Å²) in [5, 5.41) is 15.7. The van der Waals surface area contributed by atoms with Gasteiger partial charge < -0.3 is 10.4 Å². The average molecular weight is 273 g/mol. The van der Waals surface area contributed by atoms with E-state index in [1.165, 1.54) is 6.20 Å². The van der Waals surface area contributed by atoms with Crippen LogP contribution in [0.25, 0.3) is 0 Å². The first kappa shape index (κ1) is 13.8. The number of hydrogen-bond acceptors (Lipinski definition) is 3. The number of nitrogens with zero attached hydrogens (tertiary/aromatic N) is 2. The van der Waals surface area contributed by atoms with E-state index in [0.717, 1.165) is 0 Å². The maximum Gasteiger partial charge on any atom is 0.330 e. The zero-order valence-electron chi connectivity index (χ0n) is 11.2. The zero-order valence-corrected chi connectivity index (χ0v) is 11.2. The van der Waals surface area contributed by atoms with E-state index in [0.29, 0.717) is 16.8 Å². The van der Waals surface area contributed by atoms with Crippen LogP contribution in [0.15, 0.2) is 36.5 Å². The number of carbonyl (C=O) groups excluding carboxylic acids is 1. The fourth-order valence-electron chi connectivity index (χ4n) is 1.86. The Hall–Kier alpha value is -2.63. The molecule has 1 atom stereocenters. The molecule has 2 N–H and O–H groups in total. The first-order valence-corrected chi connectivity index (χ1v) is 6.08. The highest BCUT2D eigenvalue weighted by atomic mass is 16.4. The summed E-state index contributed by atoms with van der Waals surface area (Å²) in [5.41, 5.74) is 1.57. The predicted octanol–water partition coefficient (Wildman–Crippen LogP) is 1.28. The Morgan fingerprint density at radius 3 is 2.45 bits per heavy atom. The highest BCUT2D eigenvalue weighted by Crippen LogP contribution is 2.14. The predicted molar refractivity (Wildman–Crippen MR) is 72.2 cm³/mol. The van der Waals surface area contributed by atoms with Crippen molar-refractivity contribution in [1.82, 2.24) is 15.1 Å². The Kier molecular flexibility index (Phi) is 3.84. The van der Waals surface area contributed by atoms with Gasteiger partial charge in [0.25, 0.3) is 5.91 Å². The van der Waals surface area contributed by atoms with Crippen molar-refractivity contribution in [2.75, 3.05) is 0 Å². The van der Waals surface area contributed by atoms with Gasteiger partial charge in [0, 0.05) is 12.7 Å². The van der Waals surface area contributed by atoms with E-state index in [1.807, 2.05) is 0 Å². The number of carboxylic acids is 1. The Morgan fingerprint density at radius 2 is 1.95 bits per heavy atom. The second-order valence-electron chi connectivity index (χ2n) is 4.42. The Morgan fingerprint density at radius 1 is 1.30 bits per heavy atom. The molecule has 0 radical (unpaired) electrons. The van der Waals surface area contributed by atoms with Crippen LogP contribution >= 0.6 is 0 Å². The number of benzene rings is 1. The molecule has 0 unspecified atom stereocenters. The van der Waals surface area contributed by atoms with E-state index >= 15 is 0 Å². The van der Waals surface area contributed by atoms with Crippen molar-refractivity contribution in [3.8, 4) is 0 Å². The lowest BCUT2D eigenvalue weighted by Crippen LogP contribution is -2.33. The summed E-state index contributed by atoms with van der Waals surface area (Å²) in [7, 11) is 1.72. The third-order valence-electron chi connectivity index (χ3n) is 3.14. The number of rotatable bonds is 4. The summed E-state index contributed by atoms with van der Waals surface area (Å²) >= 11 is 0. The quantitative estimate of drug-likeness (QED) is 0.879. The molecule has 0 aliphatic carbocycles. The van der Waals surface area contributed by atoms with Gasteiger partial charge in [0.1, 0.15) is 0 Å². The van der Waals surface area contributed by atoms with Gasteiger partial charge in [0.05, 0.1) is 11.8 Å². The lowest BCUT2D eigenvalue weighted by molar-refractivity contribution is -0.139. The second-order valence-corrected chi connectivity index (χ2v) is 4.42. The van der Waals surface area contributed by atoms with Crippen molar-refractivity contribution in [3.63, 3.8) is 0 Å². The average Bonchev–Trinajstić information content (AvgIpc) is 2.77. The maximum absolute atomic E-state index is 12.1. The first-order chi connectivity index (χ1) is 9.50. The minimum Gasteiger partial charge on any atom is -0.479 e. The standard InChI is InChI=1S/C14H15N3O3/c1-9-11(8-15-17(9)2)13(18)16-12(14(19)20)10-6-4-3-5-7-10/h3-8,12H,1-2H3,(H,16,18)(H,19,20)/t12-/m1/s1. The van der Waals surface area contributed by atoms with Gasteiger partial charge in [-0.3, -0.25) is 9.48 Å². The molecule has 0 fully saturated rings. The molecule has 0 saturated carbocycles. The fourth-order valence-corrected chi connectivity index (χ4v) is 1.86. The summed E-state index contributed by atoms with van der Waals surface area (Å²) < 4.78 is 1.56. The minimum atomic E-state index is -1.11. The van der Waals surface area contributed by atoms with Crippen LogP contribution in [0.4, 0.5) is 0 Å². The molecule has 104 valence electrons. The SMILES string of the molecule is Cc1c(C(=O)N[C@@H](C(=O)O)c2ccccc2)cnn1C. The highest BCUT2D eigenvalue weighted by molar-refractivity contribution is 5.97. The van der Waals surface area contributed by atoms with Crippen LogP contribution in [0.3, 0.4) is 0 Å². The number of aryl methyl sites for hydroxylation is 1. The Bertz CT molecular complexity index is 634. The van der Waals surface area contributed by atoms with Crippen LogP contribution in [-0.4, -0.2) is 26.8 Å². The van der Waals surface area contributed by atoms with Crippen LogP contribution < -0.4 is 5.32 Å². The first-order valence-electron chi connectivity index (χ1n) is 6.08. The summed E-state index contributed by atoms with van der Waals surface area (Å²) in [5.74, 6) is -1.56. The molecule has 2 aromatic rings. The number of aromatic nitrogens is 2. The molecule has 1 aromatic carbocycles. The van der Waals surface area contributed by atoms with Gasteiger partial charge in [0.15, 0.2) is 6.04 Å². The Labute approximate surface area is 116 Å². The molecule has 1 amide bonds. The number of aliphatic carboxylic acids is 1. The normalized spacial score (nSPS) is 11.9. The molecular weight excluding hydrogens is 258 g/mol. The summed E-state index contributed by atoms with van der Waals surface area (Å²) in [4.78, 5) is 23.5. The molecule has 0 aliphatic heterocycles. The van der Waals surface area contributed by atoms with Crippen molar-refractivity contribution in [2.45, 2.75) is 13.0 Å². The van der Waals surface area contributed by atoms with E-state index in [2.05, 4.69) is 10.4 Å². The molecule has 0 aliphatic rings. The van der Waals surface area contributed by atoms with Crippen LogP contribution in [0, 0.1) is 6.92 Å². The lowest BCUT2D eigenvalue weighted by atomic mass is 10.1. The molecule has 0 bridgehead atoms. The van der Waals surface area contributed by atoms with Crippen molar-refractivity contribution >= 4 is 11.9 Å². The molecular formula is C14H15N3O3. The zero-order chi connectivity index (χ0) is 14.7. The van der Waals surface area contributed by atoms with Crippen LogP contribution in [-0.2, 0) is 11.8 Å². The second kappa shape index (κ2) is 5.56. The highest BCUT2D eigenvalue weighted by Gasteiger charge is 2.24. The van der Waals surface area contributed by atoms with E-state index in [4.69, 9.17) is 0 Å². The molecule has 0 spiro atoms. The van der Waals surface area contributed by atoms with Gasteiger partial charge >= 0.3 is 5.97 Å². The van der Waals surface area contributed by atoms with Crippen LogP contribution in [0.5, 0.6) is 0 Å². The van der Waals surface area contributed by atoms with Gasteiger partial charge in [0.2, 0.25) is 0 Å². The van der Waals surface area contributed by atoms with Crippen LogP contribution in [0.1, 0.15) is 27.7 Å². The van der Waals surface area contributed by atoms with E-state index in [1.54, 1.807) is 49.0 Å². The third kappa shape index (κ3) is 2.69. The minimum absolute atomic E-state index is 0.370. The molecule has 1 heterocycles. The van der Waals surface area contributed by atoms with E-state index in [9.17, 15) is 14.7 Å². The molecule has 1 aromatic heterocycles. The number of hydrogen-bond donors (Lipinski definition) is 2. The monoisotopic (exact) mass is 273 g/mol. The summed E-state index contributed by atoms with van der Waals surface area (Å²) in [6.07, 6.45) is 1.43. The smallest absolute Gasteiger partial charge is 0.330 e. The fraction of sp³-hybridized carbons (Fsp3) is 0.214. The Balaban J connectivity index is 2.24. The summed E-state index contributed by atoms with van der Waals surface area (Å²) in [6.45, 7) is 1.75. The van der Waals surface area contributed by atoms with Gasteiger partial charge in [-0.25, -0.2) is 4.79 Å². The van der Waals surface area contributed by atoms with Crippen LogP contribution in [0.2, 0.25) is 0 Å². The van der Waals surface area contributed by atoms with Crippen molar-refractivity contribution in [3.05, 3.63) is 53.3 Å². The number of carbonyl (C=O) groups is 2. The van der Waals surface area contributed by atoms with Crippen molar-refractivity contribution in [2.24, 2.45) is 7.05 Å². The lowest BCUT2D eigenvalue weighted by Gasteiger charge is -2.14. The molecule has 20 heavy (non-hydrogen) atoms. The third-order valence-corrected chi connectivity index (χ3v) is 3.14. The van der Waals surface area contributed by atoms with E-state index in [-0.39, 0.29) is 0 Å². The topological polar surface area (TPSA) is 84.2 Å². The number of amides is 1. The molecule has 2 rings (SSSR count).